The topological polar surface area (TPSA) is 41.6 Å². The lowest BCUT2D eigenvalue weighted by atomic mass is 10.2. The van der Waals surface area contributed by atoms with Gasteiger partial charge in [-0.1, -0.05) is 12.1 Å². The first-order chi connectivity index (χ1) is 9.22. The zero-order chi connectivity index (χ0) is 13.7. The molecule has 1 saturated heterocycles. The molecule has 1 N–H and O–H groups in total. The van der Waals surface area contributed by atoms with Gasteiger partial charge in [0.15, 0.2) is 0 Å². The number of ether oxygens (including phenoxy) is 1. The van der Waals surface area contributed by atoms with Gasteiger partial charge in [0.2, 0.25) is 5.91 Å². The summed E-state index contributed by atoms with van der Waals surface area (Å²) in [6.07, 6.45) is 2.38. The summed E-state index contributed by atoms with van der Waals surface area (Å²) in [6.45, 7) is 6.52. The fourth-order valence-electron chi connectivity index (χ4n) is 2.38. The summed E-state index contributed by atoms with van der Waals surface area (Å²) in [6, 6.07) is 7.47. The van der Waals surface area contributed by atoms with Crippen LogP contribution in [0.3, 0.4) is 0 Å². The van der Waals surface area contributed by atoms with Crippen LogP contribution in [-0.4, -0.2) is 36.5 Å². The highest BCUT2D eigenvalue weighted by molar-refractivity contribution is 5.95. The number of rotatable bonds is 5. The average Bonchev–Trinajstić information content (AvgIpc) is 2.94. The third-order valence-corrected chi connectivity index (χ3v) is 3.51. The molecule has 1 heterocycles. The van der Waals surface area contributed by atoms with Gasteiger partial charge in [0.25, 0.3) is 0 Å². The van der Waals surface area contributed by atoms with E-state index in [1.165, 1.54) is 12.8 Å². The number of likely N-dealkylation sites (tertiary alicyclic amines) is 1. The Morgan fingerprint density at radius 1 is 1.37 bits per heavy atom. The lowest BCUT2D eigenvalue weighted by molar-refractivity contribution is -0.120. The number of benzene rings is 1. The highest BCUT2D eigenvalue weighted by Crippen LogP contribution is 2.24. The number of para-hydroxylation sites is 2. The number of hydrogen-bond acceptors (Lipinski definition) is 3. The second-order valence-corrected chi connectivity index (χ2v) is 4.84. The van der Waals surface area contributed by atoms with Crippen molar-refractivity contribution in [2.24, 2.45) is 0 Å². The molecule has 1 aromatic carbocycles. The van der Waals surface area contributed by atoms with Gasteiger partial charge in [-0.3, -0.25) is 9.69 Å². The van der Waals surface area contributed by atoms with Crippen LogP contribution in [0.15, 0.2) is 24.3 Å². The van der Waals surface area contributed by atoms with Gasteiger partial charge in [-0.25, -0.2) is 0 Å². The van der Waals surface area contributed by atoms with Crippen LogP contribution in [0.4, 0.5) is 5.69 Å². The fourth-order valence-corrected chi connectivity index (χ4v) is 2.38. The van der Waals surface area contributed by atoms with Crippen molar-refractivity contribution in [1.29, 1.82) is 0 Å². The van der Waals surface area contributed by atoms with Crippen LogP contribution in [0.2, 0.25) is 0 Å². The summed E-state index contributed by atoms with van der Waals surface area (Å²) in [7, 11) is 0. The van der Waals surface area contributed by atoms with Crippen LogP contribution in [-0.2, 0) is 4.79 Å². The summed E-state index contributed by atoms with van der Waals surface area (Å²) >= 11 is 0. The van der Waals surface area contributed by atoms with Gasteiger partial charge in [-0.15, -0.1) is 0 Å². The number of nitrogens with one attached hydrogen (secondary N) is 1. The normalized spacial score (nSPS) is 17.2. The van der Waals surface area contributed by atoms with Gasteiger partial charge in [0, 0.05) is 0 Å². The first-order valence-corrected chi connectivity index (χ1v) is 6.99. The molecule has 0 spiro atoms. The summed E-state index contributed by atoms with van der Waals surface area (Å²) in [5.41, 5.74) is 0.750. The minimum absolute atomic E-state index is 0.0362. The average molecular weight is 262 g/mol. The Bertz CT molecular complexity index is 428. The third-order valence-electron chi connectivity index (χ3n) is 3.51. The zero-order valence-electron chi connectivity index (χ0n) is 11.7. The highest BCUT2D eigenvalue weighted by Gasteiger charge is 2.24. The van der Waals surface area contributed by atoms with Gasteiger partial charge < -0.3 is 10.1 Å². The van der Waals surface area contributed by atoms with E-state index in [-0.39, 0.29) is 11.9 Å². The van der Waals surface area contributed by atoms with E-state index in [1.807, 2.05) is 38.1 Å². The summed E-state index contributed by atoms with van der Waals surface area (Å²) in [5, 5.41) is 2.97. The molecule has 1 atom stereocenters. The van der Waals surface area contributed by atoms with Crippen LogP contribution in [0, 0.1) is 0 Å². The maximum Gasteiger partial charge on any atom is 0.241 e. The monoisotopic (exact) mass is 262 g/mol. The number of amides is 1. The fraction of sp³-hybridized carbons (Fsp3) is 0.533. The highest BCUT2D eigenvalue weighted by atomic mass is 16.5. The van der Waals surface area contributed by atoms with Crippen LogP contribution >= 0.6 is 0 Å². The number of nitrogens with zero attached hydrogens (tertiary/aromatic N) is 1. The minimum atomic E-state index is -0.0859. The van der Waals surface area contributed by atoms with Crippen LogP contribution in [0.5, 0.6) is 5.75 Å². The SMILES string of the molecule is CCOc1ccccc1NC(=O)[C@@H](C)N1CCCC1. The molecule has 0 unspecified atom stereocenters. The van der Waals surface area contributed by atoms with Crippen molar-refractivity contribution >= 4 is 11.6 Å². The lowest BCUT2D eigenvalue weighted by Gasteiger charge is -2.23. The second kappa shape index (κ2) is 6.57. The maximum atomic E-state index is 12.2. The molecular weight excluding hydrogens is 240 g/mol. The molecule has 0 aliphatic carbocycles. The Balaban J connectivity index is 2.01. The van der Waals surface area contributed by atoms with E-state index in [2.05, 4.69) is 10.2 Å². The molecule has 1 fully saturated rings. The second-order valence-electron chi connectivity index (χ2n) is 4.84. The first-order valence-electron chi connectivity index (χ1n) is 6.99. The predicted octanol–water partition coefficient (Wildman–Crippen LogP) is 2.51. The van der Waals surface area contributed by atoms with Gasteiger partial charge >= 0.3 is 0 Å². The molecular formula is C15H22N2O2. The van der Waals surface area contributed by atoms with E-state index in [1.54, 1.807) is 0 Å². The van der Waals surface area contributed by atoms with Crippen LogP contribution in [0.1, 0.15) is 26.7 Å². The quantitative estimate of drug-likeness (QED) is 0.886. The molecule has 0 bridgehead atoms. The molecule has 1 aliphatic rings. The predicted molar refractivity (Wildman–Crippen MR) is 76.5 cm³/mol. The van der Waals surface area contributed by atoms with Crippen LogP contribution < -0.4 is 10.1 Å². The smallest absolute Gasteiger partial charge is 0.241 e. The Labute approximate surface area is 114 Å². The molecule has 0 radical (unpaired) electrons. The number of carbonyl (C=O) groups excluding carboxylic acids is 1. The third kappa shape index (κ3) is 3.47. The molecule has 1 aromatic rings. The molecule has 0 aromatic heterocycles. The van der Waals surface area contributed by atoms with E-state index in [0.29, 0.717) is 6.61 Å². The van der Waals surface area contributed by atoms with Crippen molar-refractivity contribution in [2.75, 3.05) is 25.0 Å². The van der Waals surface area contributed by atoms with Crippen LogP contribution in [0.25, 0.3) is 0 Å². The van der Waals surface area contributed by atoms with E-state index in [4.69, 9.17) is 4.74 Å². The lowest BCUT2D eigenvalue weighted by Crippen LogP contribution is -2.40. The van der Waals surface area contributed by atoms with E-state index in [0.717, 1.165) is 24.5 Å². The Morgan fingerprint density at radius 2 is 2.05 bits per heavy atom. The van der Waals surface area contributed by atoms with Gasteiger partial charge in [0.1, 0.15) is 5.75 Å². The molecule has 1 aliphatic heterocycles. The Kier molecular flexibility index (Phi) is 4.80. The first kappa shape index (κ1) is 13.9. The van der Waals surface area contributed by atoms with Crippen molar-refractivity contribution < 1.29 is 9.53 Å². The van der Waals surface area contributed by atoms with Crippen molar-refractivity contribution in [3.05, 3.63) is 24.3 Å². The van der Waals surface area contributed by atoms with Gasteiger partial charge in [-0.2, -0.15) is 0 Å². The van der Waals surface area contributed by atoms with Crippen molar-refractivity contribution in [3.8, 4) is 5.75 Å². The van der Waals surface area contributed by atoms with Crippen molar-refractivity contribution in [3.63, 3.8) is 0 Å². The van der Waals surface area contributed by atoms with E-state index >= 15 is 0 Å². The Morgan fingerprint density at radius 3 is 2.74 bits per heavy atom. The zero-order valence-corrected chi connectivity index (χ0v) is 11.7. The summed E-state index contributed by atoms with van der Waals surface area (Å²) < 4.78 is 5.51. The number of hydrogen-bond donors (Lipinski definition) is 1. The molecule has 19 heavy (non-hydrogen) atoms. The summed E-state index contributed by atoms with van der Waals surface area (Å²) in [4.78, 5) is 14.5. The molecule has 0 saturated carbocycles. The summed E-state index contributed by atoms with van der Waals surface area (Å²) in [5.74, 6) is 0.765. The van der Waals surface area contributed by atoms with Gasteiger partial charge in [-0.05, 0) is 51.9 Å². The molecule has 2 rings (SSSR count). The van der Waals surface area contributed by atoms with Crippen molar-refractivity contribution in [1.82, 2.24) is 4.90 Å². The molecule has 104 valence electrons. The molecule has 4 nitrogen and oxygen atoms in total. The Hall–Kier alpha value is -1.55. The van der Waals surface area contributed by atoms with Crippen molar-refractivity contribution in [2.45, 2.75) is 32.7 Å². The largest absolute Gasteiger partial charge is 0.492 e. The van der Waals surface area contributed by atoms with E-state index < -0.39 is 0 Å². The molecule has 1 amide bonds. The standard InChI is InChI=1S/C15H22N2O2/c1-3-19-14-9-5-4-8-13(14)16-15(18)12(2)17-10-6-7-11-17/h4-5,8-9,12H,3,6-7,10-11H2,1-2H3,(H,16,18)/t12-/m1/s1. The van der Waals surface area contributed by atoms with Gasteiger partial charge in [0.05, 0.1) is 18.3 Å². The van der Waals surface area contributed by atoms with E-state index in [9.17, 15) is 4.79 Å². The number of anilines is 1. The maximum absolute atomic E-state index is 12.2. The molecule has 4 heteroatoms. The minimum Gasteiger partial charge on any atom is -0.492 e. The number of carbonyl (C=O) groups is 1.